The summed E-state index contributed by atoms with van der Waals surface area (Å²) in [5.41, 5.74) is 1.92. The van der Waals surface area contributed by atoms with E-state index in [-0.39, 0.29) is 5.91 Å². The number of carbonyl (C=O) groups excluding carboxylic acids is 1. The van der Waals surface area contributed by atoms with Crippen molar-refractivity contribution in [2.45, 2.75) is 6.42 Å². The van der Waals surface area contributed by atoms with Gasteiger partial charge < -0.3 is 10.3 Å². The highest BCUT2D eigenvalue weighted by molar-refractivity contribution is 6.31. The van der Waals surface area contributed by atoms with Gasteiger partial charge in [0.25, 0.3) is 0 Å². The van der Waals surface area contributed by atoms with Crippen LogP contribution in [0, 0.1) is 0 Å². The molecule has 17 heavy (non-hydrogen) atoms. The second-order valence-corrected chi connectivity index (χ2v) is 4.21. The number of rotatable bonds is 4. The Morgan fingerprint density at radius 3 is 3.12 bits per heavy atom. The second kappa shape index (κ2) is 5.06. The van der Waals surface area contributed by atoms with E-state index in [1.807, 2.05) is 24.4 Å². The largest absolute Gasteiger partial charge is 0.361 e. The first-order chi connectivity index (χ1) is 8.20. The molecule has 0 radical (unpaired) electrons. The van der Waals surface area contributed by atoms with E-state index in [1.54, 1.807) is 6.08 Å². The lowest BCUT2D eigenvalue weighted by molar-refractivity contribution is -0.120. The van der Waals surface area contributed by atoms with E-state index in [9.17, 15) is 4.79 Å². The van der Waals surface area contributed by atoms with Crippen molar-refractivity contribution < 1.29 is 4.79 Å². The van der Waals surface area contributed by atoms with Crippen LogP contribution in [0.4, 0.5) is 0 Å². The lowest BCUT2D eigenvalue weighted by Gasteiger charge is -2.01. The summed E-state index contributed by atoms with van der Waals surface area (Å²) in [6.45, 7) is 4.05. The molecule has 0 spiro atoms. The third-order valence-corrected chi connectivity index (χ3v) is 2.76. The zero-order valence-electron chi connectivity index (χ0n) is 9.29. The fourth-order valence-electron chi connectivity index (χ4n) is 1.73. The Morgan fingerprint density at radius 1 is 1.53 bits per heavy atom. The van der Waals surface area contributed by atoms with Crippen molar-refractivity contribution in [3.8, 4) is 0 Å². The molecule has 4 heteroatoms. The fraction of sp³-hybridized carbons (Fsp3) is 0.154. The van der Waals surface area contributed by atoms with Crippen LogP contribution in [0.3, 0.4) is 0 Å². The number of H-pyrrole nitrogens is 1. The van der Waals surface area contributed by atoms with E-state index in [4.69, 9.17) is 11.6 Å². The zero-order chi connectivity index (χ0) is 12.3. The average molecular weight is 249 g/mol. The topological polar surface area (TPSA) is 44.9 Å². The van der Waals surface area contributed by atoms with Gasteiger partial charge in [-0.05, 0) is 17.7 Å². The van der Waals surface area contributed by atoms with Gasteiger partial charge in [-0.2, -0.15) is 0 Å². The number of aromatic nitrogens is 1. The summed E-state index contributed by atoms with van der Waals surface area (Å²) in [7, 11) is 0. The zero-order valence-corrected chi connectivity index (χ0v) is 10.1. The van der Waals surface area contributed by atoms with Gasteiger partial charge in [-0.3, -0.25) is 4.79 Å². The van der Waals surface area contributed by atoms with Gasteiger partial charge in [0.05, 0.1) is 6.42 Å². The van der Waals surface area contributed by atoms with Crippen LogP contribution in [0.5, 0.6) is 0 Å². The van der Waals surface area contributed by atoms with Crippen LogP contribution in [0.25, 0.3) is 10.9 Å². The highest BCUT2D eigenvalue weighted by Gasteiger charge is 2.08. The van der Waals surface area contributed by atoms with Gasteiger partial charge in [-0.1, -0.05) is 23.7 Å². The van der Waals surface area contributed by atoms with E-state index in [0.29, 0.717) is 18.0 Å². The van der Waals surface area contributed by atoms with Crippen LogP contribution in [-0.4, -0.2) is 17.4 Å². The van der Waals surface area contributed by atoms with Gasteiger partial charge >= 0.3 is 0 Å². The number of aromatic amines is 1. The number of nitrogens with one attached hydrogen (secondary N) is 2. The van der Waals surface area contributed by atoms with Crippen LogP contribution in [-0.2, 0) is 11.2 Å². The molecule has 1 heterocycles. The Morgan fingerprint density at radius 2 is 2.35 bits per heavy atom. The fourth-order valence-corrected chi connectivity index (χ4v) is 1.90. The van der Waals surface area contributed by atoms with Crippen molar-refractivity contribution in [3.05, 3.63) is 47.6 Å². The summed E-state index contributed by atoms with van der Waals surface area (Å²) in [6, 6.07) is 5.59. The maximum absolute atomic E-state index is 11.6. The first-order valence-electron chi connectivity index (χ1n) is 5.34. The molecule has 0 unspecified atom stereocenters. The summed E-state index contributed by atoms with van der Waals surface area (Å²) in [5, 5.41) is 4.46. The molecule has 0 bridgehead atoms. The van der Waals surface area contributed by atoms with Gasteiger partial charge in [0, 0.05) is 28.7 Å². The van der Waals surface area contributed by atoms with Crippen LogP contribution in [0.1, 0.15) is 5.56 Å². The van der Waals surface area contributed by atoms with Crippen molar-refractivity contribution in [3.63, 3.8) is 0 Å². The molecule has 0 aliphatic carbocycles. The van der Waals surface area contributed by atoms with Crippen molar-refractivity contribution in [1.82, 2.24) is 10.3 Å². The molecular weight excluding hydrogens is 236 g/mol. The lowest BCUT2D eigenvalue weighted by Crippen LogP contribution is -2.24. The monoisotopic (exact) mass is 248 g/mol. The normalized spacial score (nSPS) is 10.4. The Bertz CT molecular complexity index is 560. The first-order valence-corrected chi connectivity index (χ1v) is 5.71. The molecule has 0 aliphatic rings. The Hall–Kier alpha value is -1.74. The number of hydrogen-bond donors (Lipinski definition) is 2. The van der Waals surface area contributed by atoms with E-state index in [1.165, 1.54) is 0 Å². The van der Waals surface area contributed by atoms with Crippen LogP contribution < -0.4 is 5.32 Å². The smallest absolute Gasteiger partial charge is 0.224 e. The summed E-state index contributed by atoms with van der Waals surface area (Å²) in [4.78, 5) is 14.7. The molecule has 0 aliphatic heterocycles. The van der Waals surface area contributed by atoms with Crippen molar-refractivity contribution >= 4 is 28.4 Å². The first kappa shape index (κ1) is 11.7. The van der Waals surface area contributed by atoms with Crippen molar-refractivity contribution in [1.29, 1.82) is 0 Å². The maximum atomic E-state index is 11.6. The van der Waals surface area contributed by atoms with E-state index >= 15 is 0 Å². The van der Waals surface area contributed by atoms with Gasteiger partial charge in [0.1, 0.15) is 0 Å². The predicted octanol–water partition coefficient (Wildman–Crippen LogP) is 2.67. The van der Waals surface area contributed by atoms with Crippen LogP contribution >= 0.6 is 11.6 Å². The predicted molar refractivity (Wildman–Crippen MR) is 70.2 cm³/mol. The molecule has 1 amide bonds. The molecule has 2 N–H and O–H groups in total. The summed E-state index contributed by atoms with van der Waals surface area (Å²) in [5.74, 6) is -0.0132. The highest BCUT2D eigenvalue weighted by atomic mass is 35.5. The second-order valence-electron chi connectivity index (χ2n) is 3.77. The molecule has 2 aromatic rings. The number of hydrogen-bond acceptors (Lipinski definition) is 1. The Labute approximate surface area is 104 Å². The molecule has 0 atom stereocenters. The number of halogens is 1. The third kappa shape index (κ3) is 2.68. The number of fused-ring (bicyclic) bond motifs is 1. The molecule has 3 nitrogen and oxygen atoms in total. The van der Waals surface area contributed by atoms with Gasteiger partial charge in [0.2, 0.25) is 5.91 Å². The van der Waals surface area contributed by atoms with Crippen molar-refractivity contribution in [2.75, 3.05) is 6.54 Å². The number of benzene rings is 1. The third-order valence-electron chi connectivity index (χ3n) is 2.52. The number of carbonyl (C=O) groups is 1. The van der Waals surface area contributed by atoms with Crippen molar-refractivity contribution in [2.24, 2.45) is 0 Å². The van der Waals surface area contributed by atoms with Crippen LogP contribution in [0.2, 0.25) is 5.02 Å². The maximum Gasteiger partial charge on any atom is 0.224 e. The van der Waals surface area contributed by atoms with Gasteiger partial charge in [-0.25, -0.2) is 0 Å². The Balaban J connectivity index is 2.19. The van der Waals surface area contributed by atoms with E-state index in [0.717, 1.165) is 16.5 Å². The minimum Gasteiger partial charge on any atom is -0.361 e. The van der Waals surface area contributed by atoms with E-state index in [2.05, 4.69) is 16.9 Å². The lowest BCUT2D eigenvalue weighted by atomic mass is 10.1. The van der Waals surface area contributed by atoms with Gasteiger partial charge in [-0.15, -0.1) is 6.58 Å². The molecule has 2 rings (SSSR count). The molecule has 1 aromatic carbocycles. The molecule has 0 fully saturated rings. The number of amides is 1. The minimum atomic E-state index is -0.0132. The molecule has 1 aromatic heterocycles. The molecule has 0 saturated heterocycles. The standard InChI is InChI=1S/C13H13ClN2O/c1-2-5-15-13(17)6-9-8-16-12-7-10(14)3-4-11(9)12/h2-4,7-8,16H,1,5-6H2,(H,15,17). The molecule has 88 valence electrons. The molecule has 0 saturated carbocycles. The summed E-state index contributed by atoms with van der Waals surface area (Å²) >= 11 is 5.89. The Kier molecular flexibility index (Phi) is 3.49. The minimum absolute atomic E-state index is 0.0132. The quantitative estimate of drug-likeness (QED) is 0.803. The van der Waals surface area contributed by atoms with Gasteiger partial charge in [0.15, 0.2) is 0 Å². The van der Waals surface area contributed by atoms with Crippen LogP contribution in [0.15, 0.2) is 37.1 Å². The molecular formula is C13H13ClN2O. The summed E-state index contributed by atoms with van der Waals surface area (Å²) < 4.78 is 0. The summed E-state index contributed by atoms with van der Waals surface area (Å²) in [6.07, 6.45) is 3.86. The average Bonchev–Trinajstić information content (AvgIpc) is 2.69. The SMILES string of the molecule is C=CCNC(=O)Cc1c[nH]c2cc(Cl)ccc12. The highest BCUT2D eigenvalue weighted by Crippen LogP contribution is 2.22. The van der Waals surface area contributed by atoms with E-state index < -0.39 is 0 Å².